The molecule has 0 aliphatic carbocycles. The summed E-state index contributed by atoms with van der Waals surface area (Å²) in [4.78, 5) is 28.8. The second kappa shape index (κ2) is 11.3. The molecule has 2 heterocycles. The smallest absolute Gasteiger partial charge is 0.257 e. The van der Waals surface area contributed by atoms with Crippen LogP contribution in [0.2, 0.25) is 0 Å². The normalized spacial score (nSPS) is 14.0. The Morgan fingerprint density at radius 3 is 2.50 bits per heavy atom. The topological polar surface area (TPSA) is 66.4 Å². The van der Waals surface area contributed by atoms with Crippen LogP contribution >= 0.6 is 15.9 Å². The maximum Gasteiger partial charge on any atom is 0.257 e. The molecular weight excluding hydrogens is 516 g/mol. The summed E-state index contributed by atoms with van der Waals surface area (Å²) >= 11 is 3.52. The Labute approximate surface area is 221 Å². The zero-order valence-electron chi connectivity index (χ0n) is 21.3. The summed E-state index contributed by atoms with van der Waals surface area (Å²) in [6.45, 7) is 11.7. The van der Waals surface area contributed by atoms with Gasteiger partial charge in [0.2, 0.25) is 0 Å². The molecule has 1 aromatic heterocycles. The fourth-order valence-electron chi connectivity index (χ4n) is 4.69. The monoisotopic (exact) mass is 548 g/mol. The van der Waals surface area contributed by atoms with E-state index >= 15 is 0 Å². The van der Waals surface area contributed by atoms with Gasteiger partial charge in [-0.1, -0.05) is 74.0 Å². The summed E-state index contributed by atoms with van der Waals surface area (Å²) in [6, 6.07) is 15.7. The van der Waals surface area contributed by atoms with E-state index in [-0.39, 0.29) is 17.7 Å². The van der Waals surface area contributed by atoms with Crippen LogP contribution < -0.4 is 10.6 Å². The number of carbonyl (C=O) groups excluding carboxylic acids is 2. The fourth-order valence-corrected chi connectivity index (χ4v) is 5.05. The molecule has 2 aromatic carbocycles. The number of likely N-dealkylation sites (N-methyl/N-ethyl adjacent to an activating group) is 1. The number of carbonyl (C=O) groups is 2. The Balaban J connectivity index is 1.81. The van der Waals surface area contributed by atoms with Gasteiger partial charge in [0, 0.05) is 52.5 Å². The zero-order chi connectivity index (χ0) is 25.8. The maximum absolute atomic E-state index is 13.6. The van der Waals surface area contributed by atoms with Crippen LogP contribution in [0.4, 0.5) is 5.69 Å². The van der Waals surface area contributed by atoms with Crippen LogP contribution in [0.1, 0.15) is 55.2 Å². The van der Waals surface area contributed by atoms with Crippen LogP contribution in [-0.2, 0) is 4.79 Å². The summed E-state index contributed by atoms with van der Waals surface area (Å²) < 4.78 is 2.86. The lowest BCUT2D eigenvalue weighted by Gasteiger charge is -2.18. The molecule has 1 aliphatic heterocycles. The molecule has 0 fully saturated rings. The molecule has 0 spiro atoms. The molecule has 0 atom stereocenters. The Morgan fingerprint density at radius 2 is 1.83 bits per heavy atom. The number of anilines is 1. The van der Waals surface area contributed by atoms with Gasteiger partial charge in [-0.25, -0.2) is 0 Å². The number of amides is 2. The van der Waals surface area contributed by atoms with E-state index in [2.05, 4.69) is 59.2 Å². The number of aromatic nitrogens is 1. The molecular formula is C29H33BrN4O2. The minimum Gasteiger partial charge on any atom is -0.351 e. The van der Waals surface area contributed by atoms with E-state index in [4.69, 9.17) is 0 Å². The first-order valence-electron chi connectivity index (χ1n) is 12.5. The quantitative estimate of drug-likeness (QED) is 0.319. The lowest BCUT2D eigenvalue weighted by molar-refractivity contribution is -0.110. The van der Waals surface area contributed by atoms with Crippen LogP contribution in [0.25, 0.3) is 22.9 Å². The molecule has 3 aromatic rings. The Bertz CT molecular complexity index is 1290. The van der Waals surface area contributed by atoms with E-state index in [0.717, 1.165) is 52.2 Å². The van der Waals surface area contributed by atoms with Crippen molar-refractivity contribution < 1.29 is 9.59 Å². The van der Waals surface area contributed by atoms with Gasteiger partial charge >= 0.3 is 0 Å². The van der Waals surface area contributed by atoms with Crippen LogP contribution in [0.15, 0.2) is 59.2 Å². The molecule has 36 heavy (non-hydrogen) atoms. The lowest BCUT2D eigenvalue weighted by atomic mass is 9.98. The largest absolute Gasteiger partial charge is 0.351 e. The van der Waals surface area contributed by atoms with Gasteiger partial charge in [-0.2, -0.15) is 0 Å². The van der Waals surface area contributed by atoms with Gasteiger partial charge in [-0.05, 0) is 42.8 Å². The van der Waals surface area contributed by atoms with Crippen LogP contribution in [0.5, 0.6) is 0 Å². The Morgan fingerprint density at radius 1 is 1.11 bits per heavy atom. The average molecular weight is 550 g/mol. The molecule has 0 saturated carbocycles. The molecule has 1 aliphatic rings. The fraction of sp³-hybridized carbons (Fsp3) is 0.310. The highest BCUT2D eigenvalue weighted by Gasteiger charge is 2.28. The van der Waals surface area contributed by atoms with E-state index in [9.17, 15) is 9.59 Å². The van der Waals surface area contributed by atoms with E-state index in [1.807, 2.05) is 65.5 Å². The molecule has 0 bridgehead atoms. The van der Waals surface area contributed by atoms with Crippen molar-refractivity contribution >= 4 is 45.2 Å². The van der Waals surface area contributed by atoms with Crippen LogP contribution in [0, 0.1) is 0 Å². The predicted molar refractivity (Wildman–Crippen MR) is 151 cm³/mol. The molecule has 0 saturated heterocycles. The first-order chi connectivity index (χ1) is 17.3. The third-order valence-electron chi connectivity index (χ3n) is 6.57. The first kappa shape index (κ1) is 25.9. The SMILES string of the molecule is CCN(CC)CCNC(=O)c1c(-c2ccccc2)cn(C=C2C(=O)Nc3ccc(Br)cc32)c1C(C)C. The highest BCUT2D eigenvalue weighted by atomic mass is 79.9. The first-order valence-corrected chi connectivity index (χ1v) is 13.3. The molecule has 2 amide bonds. The number of nitrogens with zero attached hydrogens (tertiary/aromatic N) is 2. The average Bonchev–Trinajstić information content (AvgIpc) is 3.40. The van der Waals surface area contributed by atoms with Crippen molar-refractivity contribution in [2.45, 2.75) is 33.6 Å². The van der Waals surface area contributed by atoms with Gasteiger partial charge in [0.25, 0.3) is 11.8 Å². The van der Waals surface area contributed by atoms with Gasteiger partial charge in [-0.15, -0.1) is 0 Å². The van der Waals surface area contributed by atoms with E-state index in [1.54, 1.807) is 0 Å². The third-order valence-corrected chi connectivity index (χ3v) is 7.06. The molecule has 7 heteroatoms. The number of benzene rings is 2. The minimum absolute atomic E-state index is 0.0503. The molecule has 2 N–H and O–H groups in total. The maximum atomic E-state index is 13.6. The highest BCUT2D eigenvalue weighted by Crippen LogP contribution is 2.37. The van der Waals surface area contributed by atoms with Crippen molar-refractivity contribution in [2.75, 3.05) is 31.5 Å². The van der Waals surface area contributed by atoms with Crippen molar-refractivity contribution in [3.63, 3.8) is 0 Å². The van der Waals surface area contributed by atoms with Crippen LogP contribution in [-0.4, -0.2) is 47.5 Å². The van der Waals surface area contributed by atoms with E-state index < -0.39 is 0 Å². The Kier molecular flexibility index (Phi) is 8.11. The van der Waals surface area contributed by atoms with Gasteiger partial charge in [0.1, 0.15) is 0 Å². The standard InChI is InChI=1S/C29H33BrN4O2/c1-5-33(6-2)15-14-31-29(36)26-23(20-10-8-7-9-11-20)17-34(27(26)19(3)4)18-24-22-16-21(30)12-13-25(22)32-28(24)35/h7-13,16-19H,5-6,14-15H2,1-4H3,(H,31,36)(H,32,35). The number of fused-ring (bicyclic) bond motifs is 1. The predicted octanol–water partition coefficient (Wildman–Crippen LogP) is 6.06. The highest BCUT2D eigenvalue weighted by molar-refractivity contribution is 9.10. The third kappa shape index (κ3) is 5.32. The number of hydrogen-bond donors (Lipinski definition) is 2. The van der Waals surface area contributed by atoms with Crippen molar-refractivity contribution in [1.29, 1.82) is 0 Å². The molecule has 6 nitrogen and oxygen atoms in total. The summed E-state index contributed by atoms with van der Waals surface area (Å²) in [5, 5.41) is 6.09. The number of halogens is 1. The number of nitrogens with one attached hydrogen (secondary N) is 2. The molecule has 0 radical (unpaired) electrons. The summed E-state index contributed by atoms with van der Waals surface area (Å²) in [5.41, 5.74) is 5.53. The van der Waals surface area contributed by atoms with Gasteiger partial charge in [-0.3, -0.25) is 9.59 Å². The van der Waals surface area contributed by atoms with Crippen LogP contribution in [0.3, 0.4) is 0 Å². The summed E-state index contributed by atoms with van der Waals surface area (Å²) in [7, 11) is 0. The van der Waals surface area contributed by atoms with Crippen molar-refractivity contribution in [3.8, 4) is 11.1 Å². The second-order valence-corrected chi connectivity index (χ2v) is 10.1. The summed E-state index contributed by atoms with van der Waals surface area (Å²) in [5.74, 6) is -0.201. The van der Waals surface area contributed by atoms with Gasteiger partial charge < -0.3 is 20.1 Å². The van der Waals surface area contributed by atoms with E-state index in [0.29, 0.717) is 17.7 Å². The lowest BCUT2D eigenvalue weighted by Crippen LogP contribution is -2.35. The molecule has 4 rings (SSSR count). The molecule has 0 unspecified atom stereocenters. The number of hydrogen-bond acceptors (Lipinski definition) is 3. The summed E-state index contributed by atoms with van der Waals surface area (Å²) in [6.07, 6.45) is 3.82. The van der Waals surface area contributed by atoms with Crippen molar-refractivity contribution in [2.24, 2.45) is 0 Å². The molecule has 188 valence electrons. The van der Waals surface area contributed by atoms with E-state index in [1.165, 1.54) is 0 Å². The zero-order valence-corrected chi connectivity index (χ0v) is 22.9. The van der Waals surface area contributed by atoms with Crippen molar-refractivity contribution in [3.05, 3.63) is 76.0 Å². The Hall–Kier alpha value is -3.16. The van der Waals surface area contributed by atoms with Gasteiger partial charge in [0.15, 0.2) is 0 Å². The minimum atomic E-state index is -0.155. The number of rotatable bonds is 9. The van der Waals surface area contributed by atoms with Gasteiger partial charge in [0.05, 0.1) is 11.1 Å². The van der Waals surface area contributed by atoms with Crippen molar-refractivity contribution in [1.82, 2.24) is 14.8 Å². The second-order valence-electron chi connectivity index (χ2n) is 9.20.